The largest absolute Gasteiger partial charge is 0.381 e. The fraction of sp³-hybridized carbons (Fsp3) is 0.571. The summed E-state index contributed by atoms with van der Waals surface area (Å²) >= 11 is 0. The number of nitrogens with zero attached hydrogens (tertiary/aromatic N) is 2. The number of rotatable bonds is 4. The summed E-state index contributed by atoms with van der Waals surface area (Å²) in [6.45, 7) is 3.81. The number of pyridine rings is 1. The average molecular weight is 360 g/mol. The van der Waals surface area contributed by atoms with Gasteiger partial charge >= 0.3 is 0 Å². The molecule has 2 aromatic rings. The van der Waals surface area contributed by atoms with E-state index in [1.165, 1.54) is 81.0 Å². The van der Waals surface area contributed by atoms with E-state index < -0.39 is 0 Å². The van der Waals surface area contributed by atoms with E-state index >= 15 is 0 Å². The minimum Gasteiger partial charge on any atom is -0.381 e. The van der Waals surface area contributed by atoms with Crippen molar-refractivity contribution in [3.8, 4) is 0 Å². The second-order valence-corrected chi connectivity index (χ2v) is 7.68. The summed E-state index contributed by atoms with van der Waals surface area (Å²) in [4.78, 5) is 6.91. The normalized spacial score (nSPS) is 22.5. The Hall–Kier alpha value is -1.32. The molecule has 0 unspecified atom stereocenters. The first-order valence-electron chi connectivity index (χ1n) is 9.69. The van der Waals surface area contributed by atoms with Crippen molar-refractivity contribution in [1.82, 2.24) is 9.88 Å². The van der Waals surface area contributed by atoms with Gasteiger partial charge in [-0.1, -0.05) is 25.3 Å². The monoisotopic (exact) mass is 359 g/mol. The van der Waals surface area contributed by atoms with Gasteiger partial charge in [0, 0.05) is 42.6 Å². The molecule has 0 radical (unpaired) electrons. The van der Waals surface area contributed by atoms with Crippen LogP contribution in [0.1, 0.15) is 44.9 Å². The predicted octanol–water partition coefficient (Wildman–Crippen LogP) is 5.11. The van der Waals surface area contributed by atoms with Crippen LogP contribution in [-0.2, 0) is 0 Å². The molecule has 1 aromatic heterocycles. The highest BCUT2D eigenvalue weighted by Crippen LogP contribution is 2.26. The highest BCUT2D eigenvalue weighted by Gasteiger charge is 2.23. The zero-order chi connectivity index (χ0) is 16.2. The maximum absolute atomic E-state index is 4.20. The van der Waals surface area contributed by atoms with Crippen LogP contribution in [0.15, 0.2) is 36.7 Å². The number of piperidine rings is 1. The Morgan fingerprint density at radius 3 is 2.76 bits per heavy atom. The Morgan fingerprint density at radius 2 is 1.88 bits per heavy atom. The summed E-state index contributed by atoms with van der Waals surface area (Å²) in [5, 5.41) is 6.26. The third-order valence-electron chi connectivity index (χ3n) is 5.76. The fourth-order valence-electron chi connectivity index (χ4n) is 4.48. The Bertz CT molecular complexity index is 669. The topological polar surface area (TPSA) is 28.2 Å². The van der Waals surface area contributed by atoms with Crippen LogP contribution in [0.4, 0.5) is 5.69 Å². The van der Waals surface area contributed by atoms with E-state index in [0.717, 1.165) is 5.92 Å². The first-order chi connectivity index (χ1) is 11.9. The lowest BCUT2D eigenvalue weighted by Gasteiger charge is -2.36. The standard InChI is InChI=1S/C21H29N3.ClH/c1-2-5-17(6-3-1)15-24-12-4-7-21(16-24)23-20-9-8-19-14-22-11-10-18(19)13-20;/h8-11,13-14,17,21,23H,1-7,12,15-16H2;1H/t21-;/m1./s1. The molecule has 0 amide bonds. The summed E-state index contributed by atoms with van der Waals surface area (Å²) < 4.78 is 0. The van der Waals surface area contributed by atoms with Gasteiger partial charge < -0.3 is 10.2 Å². The number of benzene rings is 1. The van der Waals surface area contributed by atoms with E-state index in [-0.39, 0.29) is 12.4 Å². The smallest absolute Gasteiger partial charge is 0.0388 e. The Labute approximate surface area is 157 Å². The van der Waals surface area contributed by atoms with E-state index in [4.69, 9.17) is 0 Å². The first-order valence-corrected chi connectivity index (χ1v) is 9.69. The molecule has 4 rings (SSSR count). The third-order valence-corrected chi connectivity index (χ3v) is 5.76. The molecule has 4 heteroatoms. The zero-order valence-electron chi connectivity index (χ0n) is 15.0. The fourth-order valence-corrected chi connectivity index (χ4v) is 4.48. The van der Waals surface area contributed by atoms with Gasteiger partial charge in [0.1, 0.15) is 0 Å². The molecule has 1 saturated carbocycles. The number of fused-ring (bicyclic) bond motifs is 1. The molecule has 0 bridgehead atoms. The van der Waals surface area contributed by atoms with Gasteiger partial charge in [-0.2, -0.15) is 0 Å². The highest BCUT2D eigenvalue weighted by atomic mass is 35.5. The van der Waals surface area contributed by atoms with E-state index in [9.17, 15) is 0 Å². The second kappa shape index (κ2) is 8.86. The summed E-state index contributed by atoms with van der Waals surface area (Å²) in [5.74, 6) is 0.950. The maximum Gasteiger partial charge on any atom is 0.0388 e. The van der Waals surface area contributed by atoms with Crippen molar-refractivity contribution in [2.24, 2.45) is 5.92 Å². The molecule has 2 aliphatic rings. The number of hydrogen-bond donors (Lipinski definition) is 1. The molecule has 1 saturated heterocycles. The van der Waals surface area contributed by atoms with E-state index in [2.05, 4.69) is 39.5 Å². The summed E-state index contributed by atoms with van der Waals surface area (Å²) in [6.07, 6.45) is 13.7. The number of aromatic nitrogens is 1. The van der Waals surface area contributed by atoms with Gasteiger partial charge in [-0.3, -0.25) is 4.98 Å². The van der Waals surface area contributed by atoms with Crippen LogP contribution in [0.25, 0.3) is 10.8 Å². The van der Waals surface area contributed by atoms with Gasteiger partial charge in [-0.25, -0.2) is 0 Å². The molecule has 1 aliphatic heterocycles. The van der Waals surface area contributed by atoms with Gasteiger partial charge in [-0.05, 0) is 61.7 Å². The molecule has 1 atom stereocenters. The molecule has 1 N–H and O–H groups in total. The predicted molar refractivity (Wildman–Crippen MR) is 109 cm³/mol. The van der Waals surface area contributed by atoms with E-state index in [0.29, 0.717) is 6.04 Å². The van der Waals surface area contributed by atoms with Gasteiger partial charge in [0.25, 0.3) is 0 Å². The van der Waals surface area contributed by atoms with E-state index in [1.54, 1.807) is 0 Å². The Kier molecular flexibility index (Phi) is 6.55. The minimum atomic E-state index is 0. The summed E-state index contributed by atoms with van der Waals surface area (Å²) in [5.41, 5.74) is 1.25. The van der Waals surface area contributed by atoms with Crippen molar-refractivity contribution in [2.75, 3.05) is 25.0 Å². The van der Waals surface area contributed by atoms with Crippen molar-refractivity contribution in [3.63, 3.8) is 0 Å². The lowest BCUT2D eigenvalue weighted by molar-refractivity contribution is 0.166. The lowest BCUT2D eigenvalue weighted by atomic mass is 9.88. The lowest BCUT2D eigenvalue weighted by Crippen LogP contribution is -2.44. The molecule has 2 fully saturated rings. The van der Waals surface area contributed by atoms with E-state index in [1.807, 2.05) is 12.4 Å². The molecule has 1 aliphatic carbocycles. The second-order valence-electron chi connectivity index (χ2n) is 7.68. The zero-order valence-corrected chi connectivity index (χ0v) is 15.8. The molecule has 25 heavy (non-hydrogen) atoms. The molecule has 2 heterocycles. The molecule has 3 nitrogen and oxygen atoms in total. The minimum absolute atomic E-state index is 0. The Balaban J connectivity index is 0.00000182. The van der Waals surface area contributed by atoms with Crippen molar-refractivity contribution in [2.45, 2.75) is 51.0 Å². The van der Waals surface area contributed by atoms with Gasteiger partial charge in [0.05, 0.1) is 0 Å². The van der Waals surface area contributed by atoms with Gasteiger partial charge in [-0.15, -0.1) is 12.4 Å². The number of nitrogens with one attached hydrogen (secondary N) is 1. The molecule has 0 spiro atoms. The number of halogens is 1. The third kappa shape index (κ3) is 4.86. The van der Waals surface area contributed by atoms with Crippen molar-refractivity contribution in [3.05, 3.63) is 36.7 Å². The molecule has 136 valence electrons. The van der Waals surface area contributed by atoms with Gasteiger partial charge in [0.15, 0.2) is 0 Å². The Morgan fingerprint density at radius 1 is 1.00 bits per heavy atom. The van der Waals surface area contributed by atoms with Crippen LogP contribution in [-0.4, -0.2) is 35.6 Å². The average Bonchev–Trinajstić information content (AvgIpc) is 2.63. The van der Waals surface area contributed by atoms with Crippen LogP contribution in [0.5, 0.6) is 0 Å². The highest BCUT2D eigenvalue weighted by molar-refractivity contribution is 5.85. The van der Waals surface area contributed by atoms with Crippen LogP contribution in [0.3, 0.4) is 0 Å². The van der Waals surface area contributed by atoms with Crippen LogP contribution in [0, 0.1) is 5.92 Å². The van der Waals surface area contributed by atoms with Crippen LogP contribution in [0.2, 0.25) is 0 Å². The van der Waals surface area contributed by atoms with Crippen LogP contribution >= 0.6 is 12.4 Å². The molecule has 1 aromatic carbocycles. The number of likely N-dealkylation sites (tertiary alicyclic amines) is 1. The van der Waals surface area contributed by atoms with Crippen molar-refractivity contribution >= 4 is 28.9 Å². The number of anilines is 1. The quantitative estimate of drug-likeness (QED) is 0.821. The number of hydrogen-bond acceptors (Lipinski definition) is 3. The van der Waals surface area contributed by atoms with Crippen LogP contribution < -0.4 is 5.32 Å². The molecular formula is C21H30ClN3. The van der Waals surface area contributed by atoms with Gasteiger partial charge in [0.2, 0.25) is 0 Å². The molecular weight excluding hydrogens is 330 g/mol. The SMILES string of the molecule is Cl.c1cc2cc(N[C@@H]3CCCN(CC4CCCCC4)C3)ccc2cn1. The summed E-state index contributed by atoms with van der Waals surface area (Å²) in [6, 6.07) is 9.31. The van der Waals surface area contributed by atoms with Crippen molar-refractivity contribution in [1.29, 1.82) is 0 Å². The first kappa shape index (κ1) is 18.5. The van der Waals surface area contributed by atoms with Crippen molar-refractivity contribution < 1.29 is 0 Å². The summed E-state index contributed by atoms with van der Waals surface area (Å²) in [7, 11) is 0. The maximum atomic E-state index is 4.20.